The number of aliphatic carboxylic acids is 1. The Kier molecular flexibility index (Phi) is 3.53. The minimum absolute atomic E-state index is 0.116. The van der Waals surface area contributed by atoms with Gasteiger partial charge in [0.2, 0.25) is 0 Å². The number of ether oxygens (including phenoxy) is 1. The van der Waals surface area contributed by atoms with Crippen molar-refractivity contribution in [1.29, 1.82) is 0 Å². The van der Waals surface area contributed by atoms with E-state index in [-0.39, 0.29) is 12.5 Å². The minimum atomic E-state index is -0.783. The van der Waals surface area contributed by atoms with Crippen molar-refractivity contribution in [2.45, 2.75) is 38.7 Å². The highest BCUT2D eigenvalue weighted by molar-refractivity contribution is 5.67. The molecule has 0 unspecified atom stereocenters. The Hall–Kier alpha value is -0.570. The second-order valence-electron chi connectivity index (χ2n) is 3.51. The lowest BCUT2D eigenvalue weighted by atomic mass is 10.3. The molecule has 0 bridgehead atoms. The van der Waals surface area contributed by atoms with Crippen LogP contribution in [0, 0.1) is 5.92 Å². The summed E-state index contributed by atoms with van der Waals surface area (Å²) in [4.78, 5) is 10.2. The number of hydrogen-bond acceptors (Lipinski definition) is 2. The van der Waals surface area contributed by atoms with E-state index in [1.807, 2.05) is 0 Å². The maximum absolute atomic E-state index is 10.2. The summed E-state index contributed by atoms with van der Waals surface area (Å²) < 4.78 is 5.32. The molecule has 0 amide bonds. The summed E-state index contributed by atoms with van der Waals surface area (Å²) in [5.41, 5.74) is 0. The Morgan fingerprint density at radius 3 is 2.83 bits per heavy atom. The predicted molar refractivity (Wildman–Crippen MR) is 45.0 cm³/mol. The Morgan fingerprint density at radius 2 is 2.33 bits per heavy atom. The lowest BCUT2D eigenvalue weighted by molar-refractivity contribution is -0.139. The third-order valence-corrected chi connectivity index (χ3v) is 2.09. The van der Waals surface area contributed by atoms with Crippen LogP contribution in [0.25, 0.3) is 0 Å². The largest absolute Gasteiger partial charge is 0.481 e. The molecule has 0 aromatic heterocycles. The topological polar surface area (TPSA) is 46.5 Å². The average molecular weight is 172 g/mol. The summed E-state index contributed by atoms with van der Waals surface area (Å²) in [6.45, 7) is 2.53. The van der Waals surface area contributed by atoms with Crippen LogP contribution in [0.1, 0.15) is 32.6 Å². The minimum Gasteiger partial charge on any atom is -0.481 e. The van der Waals surface area contributed by atoms with Gasteiger partial charge in [-0.2, -0.15) is 0 Å². The lowest BCUT2D eigenvalue weighted by Gasteiger charge is -2.09. The molecule has 0 radical (unpaired) electrons. The van der Waals surface area contributed by atoms with E-state index in [0.29, 0.717) is 0 Å². The highest BCUT2D eigenvalue weighted by Gasteiger charge is 2.20. The van der Waals surface area contributed by atoms with E-state index < -0.39 is 5.97 Å². The fourth-order valence-electron chi connectivity index (χ4n) is 1.15. The van der Waals surface area contributed by atoms with Gasteiger partial charge in [0.1, 0.15) is 0 Å². The third-order valence-electron chi connectivity index (χ3n) is 2.09. The highest BCUT2D eigenvalue weighted by atomic mass is 16.5. The van der Waals surface area contributed by atoms with Crippen LogP contribution in [-0.4, -0.2) is 23.8 Å². The van der Waals surface area contributed by atoms with Crippen molar-refractivity contribution < 1.29 is 14.6 Å². The summed E-state index contributed by atoms with van der Waals surface area (Å²) in [5, 5.41) is 8.42. The van der Waals surface area contributed by atoms with E-state index in [2.05, 4.69) is 0 Å². The number of carbonyl (C=O) groups is 1. The van der Waals surface area contributed by atoms with Gasteiger partial charge in [-0.1, -0.05) is 12.8 Å². The maximum atomic E-state index is 10.2. The van der Waals surface area contributed by atoms with Crippen molar-refractivity contribution in [2.75, 3.05) is 6.61 Å². The van der Waals surface area contributed by atoms with Crippen LogP contribution in [0.3, 0.4) is 0 Å². The molecule has 1 rings (SSSR count). The van der Waals surface area contributed by atoms with Gasteiger partial charge in [-0.05, 0) is 19.3 Å². The van der Waals surface area contributed by atoms with Crippen LogP contribution < -0.4 is 0 Å². The Balaban J connectivity index is 1.93. The zero-order valence-electron chi connectivity index (χ0n) is 7.45. The maximum Gasteiger partial charge on any atom is 0.305 e. The van der Waals surface area contributed by atoms with E-state index in [9.17, 15) is 4.79 Å². The first-order valence-electron chi connectivity index (χ1n) is 4.52. The molecule has 1 saturated carbocycles. The Morgan fingerprint density at radius 1 is 1.67 bits per heavy atom. The molecule has 0 spiro atoms. The van der Waals surface area contributed by atoms with Crippen LogP contribution in [-0.2, 0) is 9.53 Å². The summed E-state index contributed by atoms with van der Waals surface area (Å²) in [5.74, 6) is 0.0796. The average Bonchev–Trinajstić information content (AvgIpc) is 2.69. The van der Waals surface area contributed by atoms with Crippen molar-refractivity contribution in [2.24, 2.45) is 5.92 Å². The molecular weight excluding hydrogens is 156 g/mol. The molecule has 3 nitrogen and oxygen atoms in total. The number of carboxylic acid groups (broad SMARTS) is 1. The van der Waals surface area contributed by atoms with Crippen molar-refractivity contribution in [3.05, 3.63) is 0 Å². The SMILES string of the molecule is C[C@@H](CC(=O)O)OCCC1CC1. The van der Waals surface area contributed by atoms with Crippen molar-refractivity contribution in [3.8, 4) is 0 Å². The summed E-state index contributed by atoms with van der Waals surface area (Å²) in [7, 11) is 0. The Bertz CT molecular complexity index is 152. The number of hydrogen-bond donors (Lipinski definition) is 1. The lowest BCUT2D eigenvalue weighted by Crippen LogP contribution is -2.14. The zero-order chi connectivity index (χ0) is 8.97. The van der Waals surface area contributed by atoms with Crippen LogP contribution in [0.4, 0.5) is 0 Å². The van der Waals surface area contributed by atoms with Crippen molar-refractivity contribution in [3.63, 3.8) is 0 Å². The first kappa shape index (κ1) is 9.52. The van der Waals surface area contributed by atoms with E-state index in [4.69, 9.17) is 9.84 Å². The smallest absolute Gasteiger partial charge is 0.305 e. The summed E-state index contributed by atoms with van der Waals surface area (Å²) in [6.07, 6.45) is 3.74. The standard InChI is InChI=1S/C9H16O3/c1-7(6-9(10)11)12-5-4-8-2-3-8/h7-8H,2-6H2,1H3,(H,10,11)/t7-/m0/s1. The first-order chi connectivity index (χ1) is 5.68. The normalized spacial score (nSPS) is 19.1. The van der Waals surface area contributed by atoms with Crippen LogP contribution in [0.2, 0.25) is 0 Å². The van der Waals surface area contributed by atoms with Crippen LogP contribution in [0.15, 0.2) is 0 Å². The predicted octanol–water partition coefficient (Wildman–Crippen LogP) is 1.67. The molecule has 1 atom stereocenters. The molecular formula is C9H16O3. The molecule has 0 aromatic rings. The number of carboxylic acids is 1. The van der Waals surface area contributed by atoms with Gasteiger partial charge in [-0.25, -0.2) is 0 Å². The zero-order valence-corrected chi connectivity index (χ0v) is 7.45. The Labute approximate surface area is 72.7 Å². The molecule has 3 heteroatoms. The van der Waals surface area contributed by atoms with E-state index >= 15 is 0 Å². The molecule has 0 saturated heterocycles. The van der Waals surface area contributed by atoms with Crippen LogP contribution in [0.5, 0.6) is 0 Å². The van der Waals surface area contributed by atoms with Crippen molar-refractivity contribution in [1.82, 2.24) is 0 Å². The number of rotatable bonds is 6. The van der Waals surface area contributed by atoms with Gasteiger partial charge >= 0.3 is 5.97 Å². The third kappa shape index (κ3) is 4.34. The van der Waals surface area contributed by atoms with Gasteiger partial charge in [0, 0.05) is 6.61 Å². The van der Waals surface area contributed by atoms with E-state index in [0.717, 1.165) is 18.9 Å². The molecule has 1 fully saturated rings. The van der Waals surface area contributed by atoms with Gasteiger partial charge in [-0.3, -0.25) is 4.79 Å². The summed E-state index contributed by atoms with van der Waals surface area (Å²) in [6, 6.07) is 0. The molecule has 70 valence electrons. The monoisotopic (exact) mass is 172 g/mol. The van der Waals surface area contributed by atoms with Gasteiger partial charge in [0.15, 0.2) is 0 Å². The molecule has 1 aliphatic carbocycles. The fourth-order valence-corrected chi connectivity index (χ4v) is 1.15. The van der Waals surface area contributed by atoms with Crippen LogP contribution >= 0.6 is 0 Å². The molecule has 0 heterocycles. The molecule has 0 aliphatic heterocycles. The molecule has 1 N–H and O–H groups in total. The fraction of sp³-hybridized carbons (Fsp3) is 0.889. The molecule has 0 aromatic carbocycles. The molecule has 12 heavy (non-hydrogen) atoms. The van der Waals surface area contributed by atoms with Gasteiger partial charge in [-0.15, -0.1) is 0 Å². The molecule has 1 aliphatic rings. The van der Waals surface area contributed by atoms with Gasteiger partial charge < -0.3 is 9.84 Å². The van der Waals surface area contributed by atoms with Gasteiger partial charge in [0.05, 0.1) is 12.5 Å². The summed E-state index contributed by atoms with van der Waals surface area (Å²) >= 11 is 0. The quantitative estimate of drug-likeness (QED) is 0.662. The highest BCUT2D eigenvalue weighted by Crippen LogP contribution is 2.32. The first-order valence-corrected chi connectivity index (χ1v) is 4.52. The van der Waals surface area contributed by atoms with E-state index in [1.54, 1.807) is 6.92 Å². The second kappa shape index (κ2) is 4.45. The van der Waals surface area contributed by atoms with E-state index in [1.165, 1.54) is 12.8 Å². The second-order valence-corrected chi connectivity index (χ2v) is 3.51. The van der Waals surface area contributed by atoms with Crippen molar-refractivity contribution >= 4 is 5.97 Å². The van der Waals surface area contributed by atoms with Gasteiger partial charge in [0.25, 0.3) is 0 Å².